The largest absolute Gasteiger partial charge is 0.446 e. The van der Waals surface area contributed by atoms with E-state index in [-0.39, 0.29) is 39.4 Å². The Labute approximate surface area is 130 Å². The molecule has 0 aliphatic carbocycles. The number of rotatable bonds is 4. The zero-order valence-corrected chi connectivity index (χ0v) is 13.2. The Morgan fingerprint density at radius 1 is 1.41 bits per heavy atom. The normalized spacial score (nSPS) is 19.1. The molecule has 0 radical (unpaired) electrons. The van der Waals surface area contributed by atoms with Crippen LogP contribution < -0.4 is 0 Å². The third-order valence-electron chi connectivity index (χ3n) is 2.99. The number of nitrogens with zero attached hydrogens (tertiary/aromatic N) is 2. The van der Waals surface area contributed by atoms with Gasteiger partial charge in [-0.3, -0.25) is 9.98 Å². The van der Waals surface area contributed by atoms with Gasteiger partial charge in [0, 0.05) is 17.3 Å². The molecule has 0 amide bonds. The molecule has 1 aromatic heterocycles. The van der Waals surface area contributed by atoms with Crippen molar-refractivity contribution in [3.05, 3.63) is 35.0 Å². The molecule has 1 atom stereocenters. The highest BCUT2D eigenvalue weighted by molar-refractivity contribution is 8.04. The molecule has 0 saturated carbocycles. The quantitative estimate of drug-likeness (QED) is 0.833. The predicted molar refractivity (Wildman–Crippen MR) is 79.5 cm³/mol. The number of hydrogen-bond donors (Lipinski definition) is 0. The SMILES string of the molecule is CCS(=O)(=O)c1cccnc1C1CC=C(SC(F)(F)F)C=N1. The van der Waals surface area contributed by atoms with Crippen molar-refractivity contribution in [1.82, 2.24) is 4.98 Å². The standard InChI is InChI=1S/C13H13F3N2O2S2/c1-2-22(19,20)11-4-3-7-17-12(11)10-6-5-9(8-18-10)21-13(14,15)16/h3-5,7-8,10H,2,6H2,1H3. The van der Waals surface area contributed by atoms with E-state index in [2.05, 4.69) is 9.98 Å². The maximum absolute atomic E-state index is 12.3. The fourth-order valence-corrected chi connectivity index (χ4v) is 3.62. The lowest BCUT2D eigenvalue weighted by Crippen LogP contribution is -2.13. The topological polar surface area (TPSA) is 59.4 Å². The average molecular weight is 350 g/mol. The molecule has 0 spiro atoms. The first-order valence-corrected chi connectivity index (χ1v) is 8.86. The number of dihydropyridines is 1. The van der Waals surface area contributed by atoms with E-state index in [0.717, 1.165) is 6.21 Å². The number of allylic oxidation sites excluding steroid dienone is 1. The lowest BCUT2D eigenvalue weighted by atomic mass is 10.1. The zero-order valence-electron chi connectivity index (χ0n) is 11.5. The van der Waals surface area contributed by atoms with Gasteiger partial charge in [0.05, 0.1) is 22.4 Å². The van der Waals surface area contributed by atoms with Crippen LogP contribution in [-0.2, 0) is 9.84 Å². The van der Waals surface area contributed by atoms with Crippen molar-refractivity contribution in [3.63, 3.8) is 0 Å². The van der Waals surface area contributed by atoms with Crippen LogP contribution in [0.4, 0.5) is 13.2 Å². The van der Waals surface area contributed by atoms with Gasteiger partial charge in [0.25, 0.3) is 0 Å². The van der Waals surface area contributed by atoms with E-state index in [1.807, 2.05) is 0 Å². The van der Waals surface area contributed by atoms with Crippen LogP contribution in [0.5, 0.6) is 0 Å². The van der Waals surface area contributed by atoms with E-state index in [0.29, 0.717) is 0 Å². The van der Waals surface area contributed by atoms with Crippen LogP contribution in [0.2, 0.25) is 0 Å². The number of hydrogen-bond acceptors (Lipinski definition) is 5. The summed E-state index contributed by atoms with van der Waals surface area (Å²) in [6, 6.07) is 2.37. The van der Waals surface area contributed by atoms with Crippen molar-refractivity contribution in [2.75, 3.05) is 5.75 Å². The summed E-state index contributed by atoms with van der Waals surface area (Å²) in [5.41, 5.74) is -4.10. The van der Waals surface area contributed by atoms with Crippen molar-refractivity contribution in [2.45, 2.75) is 29.8 Å². The molecule has 2 heterocycles. The Morgan fingerprint density at radius 2 is 2.14 bits per heavy atom. The van der Waals surface area contributed by atoms with Gasteiger partial charge in [-0.05, 0) is 30.3 Å². The molecule has 0 aromatic carbocycles. The van der Waals surface area contributed by atoms with E-state index in [4.69, 9.17) is 0 Å². The fraction of sp³-hybridized carbons (Fsp3) is 0.385. The van der Waals surface area contributed by atoms with E-state index in [9.17, 15) is 21.6 Å². The van der Waals surface area contributed by atoms with Gasteiger partial charge in [0.1, 0.15) is 0 Å². The summed E-state index contributed by atoms with van der Waals surface area (Å²) in [5, 5.41) is 0. The summed E-state index contributed by atoms with van der Waals surface area (Å²) in [7, 11) is -3.46. The Morgan fingerprint density at radius 3 is 2.68 bits per heavy atom. The van der Waals surface area contributed by atoms with Crippen LogP contribution in [0.15, 0.2) is 39.2 Å². The highest BCUT2D eigenvalue weighted by Crippen LogP contribution is 2.38. The molecule has 120 valence electrons. The van der Waals surface area contributed by atoms with Gasteiger partial charge in [0.15, 0.2) is 9.84 Å². The molecule has 1 aliphatic heterocycles. The number of thioether (sulfide) groups is 1. The molecule has 0 fully saturated rings. The molecule has 2 rings (SSSR count). The van der Waals surface area contributed by atoms with Crippen molar-refractivity contribution >= 4 is 27.8 Å². The summed E-state index contributed by atoms with van der Waals surface area (Å²) in [5.74, 6) is -0.0762. The molecule has 1 aromatic rings. The summed E-state index contributed by atoms with van der Waals surface area (Å²) in [6.45, 7) is 1.52. The number of alkyl halides is 3. The second-order valence-electron chi connectivity index (χ2n) is 4.47. The molecule has 0 saturated heterocycles. The van der Waals surface area contributed by atoms with Gasteiger partial charge in [-0.1, -0.05) is 13.0 Å². The number of sulfone groups is 1. The zero-order chi connectivity index (χ0) is 16.4. The lowest BCUT2D eigenvalue weighted by Gasteiger charge is -2.18. The second kappa shape index (κ2) is 6.41. The molecule has 1 unspecified atom stereocenters. The molecule has 1 aliphatic rings. The Balaban J connectivity index is 2.25. The maximum Gasteiger partial charge on any atom is 0.446 e. The minimum atomic E-state index is -4.37. The van der Waals surface area contributed by atoms with Crippen molar-refractivity contribution in [2.24, 2.45) is 4.99 Å². The number of aromatic nitrogens is 1. The van der Waals surface area contributed by atoms with E-state index in [1.165, 1.54) is 31.3 Å². The third-order valence-corrected chi connectivity index (χ3v) is 5.50. The smallest absolute Gasteiger partial charge is 0.282 e. The second-order valence-corrected chi connectivity index (χ2v) is 7.86. The highest BCUT2D eigenvalue weighted by atomic mass is 32.2. The van der Waals surface area contributed by atoms with E-state index >= 15 is 0 Å². The molecular weight excluding hydrogens is 337 g/mol. The molecular formula is C13H13F3N2O2S2. The average Bonchev–Trinajstić information content (AvgIpc) is 2.46. The Hall–Kier alpha value is -1.35. The van der Waals surface area contributed by atoms with Crippen molar-refractivity contribution < 1.29 is 21.6 Å². The van der Waals surface area contributed by atoms with E-state index < -0.39 is 21.4 Å². The maximum atomic E-state index is 12.3. The highest BCUT2D eigenvalue weighted by Gasteiger charge is 2.31. The summed E-state index contributed by atoms with van der Waals surface area (Å²) in [4.78, 5) is 8.18. The van der Waals surface area contributed by atoms with Crippen LogP contribution in [0, 0.1) is 0 Å². The minimum Gasteiger partial charge on any atom is -0.282 e. The molecule has 9 heteroatoms. The van der Waals surface area contributed by atoms with E-state index in [1.54, 1.807) is 0 Å². The first kappa shape index (κ1) is 17.0. The Kier molecular flexibility index (Phi) is 4.96. The molecule has 0 bridgehead atoms. The summed E-state index contributed by atoms with van der Waals surface area (Å²) >= 11 is -0.238. The van der Waals surface area contributed by atoms with Crippen LogP contribution in [0.25, 0.3) is 0 Å². The number of aliphatic imine (C=N–C) groups is 1. The van der Waals surface area contributed by atoms with Crippen LogP contribution in [-0.4, -0.2) is 30.9 Å². The molecule has 4 nitrogen and oxygen atoms in total. The first-order valence-electron chi connectivity index (χ1n) is 6.39. The van der Waals surface area contributed by atoms with Crippen molar-refractivity contribution in [1.29, 1.82) is 0 Å². The van der Waals surface area contributed by atoms with Crippen LogP contribution >= 0.6 is 11.8 Å². The fourth-order valence-electron chi connectivity index (χ4n) is 1.96. The van der Waals surface area contributed by atoms with Gasteiger partial charge < -0.3 is 0 Å². The lowest BCUT2D eigenvalue weighted by molar-refractivity contribution is -0.0321. The van der Waals surface area contributed by atoms with Crippen molar-refractivity contribution in [3.8, 4) is 0 Å². The van der Waals surface area contributed by atoms with Gasteiger partial charge in [-0.15, -0.1) is 0 Å². The summed E-state index contributed by atoms with van der Waals surface area (Å²) in [6.07, 6.45) is 4.14. The van der Waals surface area contributed by atoms with Crippen LogP contribution in [0.1, 0.15) is 25.1 Å². The minimum absolute atomic E-state index is 0.000389. The summed E-state index contributed by atoms with van der Waals surface area (Å²) < 4.78 is 61.0. The van der Waals surface area contributed by atoms with Crippen LogP contribution in [0.3, 0.4) is 0 Å². The van der Waals surface area contributed by atoms with Gasteiger partial charge in [0.2, 0.25) is 0 Å². The number of pyridine rings is 1. The van der Waals surface area contributed by atoms with Gasteiger partial charge in [-0.2, -0.15) is 13.2 Å². The Bertz CT molecular complexity index is 712. The monoisotopic (exact) mass is 350 g/mol. The molecule has 0 N–H and O–H groups in total. The third kappa shape index (κ3) is 4.10. The molecule has 22 heavy (non-hydrogen) atoms. The van der Waals surface area contributed by atoms with Gasteiger partial charge in [-0.25, -0.2) is 8.42 Å². The predicted octanol–water partition coefficient (Wildman–Crippen LogP) is 3.53. The number of halogens is 3. The first-order chi connectivity index (χ1) is 10.2. The van der Waals surface area contributed by atoms with Gasteiger partial charge >= 0.3 is 5.51 Å².